The molecule has 1 aliphatic heterocycles. The molecule has 1 amide bonds. The summed E-state index contributed by atoms with van der Waals surface area (Å²) in [5.74, 6) is -0.312. The van der Waals surface area contributed by atoms with Crippen LogP contribution in [0.3, 0.4) is 0 Å². The maximum absolute atomic E-state index is 13.1. The number of carbonyl (C=O) groups excluding carboxylic acids is 1. The molecule has 1 saturated heterocycles. The van der Waals surface area contributed by atoms with Crippen molar-refractivity contribution in [3.05, 3.63) is 41.7 Å². The summed E-state index contributed by atoms with van der Waals surface area (Å²) in [5, 5.41) is 10.6. The first-order valence-corrected chi connectivity index (χ1v) is 7.96. The highest BCUT2D eigenvalue weighted by Crippen LogP contribution is 2.33. The van der Waals surface area contributed by atoms with Gasteiger partial charge in [0.1, 0.15) is 0 Å². The Morgan fingerprint density at radius 3 is 2.84 bits per heavy atom. The molecule has 6 nitrogen and oxygen atoms in total. The van der Waals surface area contributed by atoms with E-state index in [0.717, 1.165) is 23.6 Å². The van der Waals surface area contributed by atoms with Crippen molar-refractivity contribution in [2.45, 2.75) is 25.1 Å². The van der Waals surface area contributed by atoms with Gasteiger partial charge in [0.15, 0.2) is 5.69 Å². The van der Waals surface area contributed by atoms with Crippen LogP contribution in [0.4, 0.5) is 13.2 Å². The van der Waals surface area contributed by atoms with Crippen LogP contribution in [0.1, 0.15) is 28.9 Å². The number of likely N-dealkylation sites (tertiary alicyclic amines) is 1. The van der Waals surface area contributed by atoms with Crippen LogP contribution >= 0.6 is 0 Å². The Kier molecular flexibility index (Phi) is 4.76. The Balaban J connectivity index is 1.88. The number of hydrogen-bond acceptors (Lipinski definition) is 4. The van der Waals surface area contributed by atoms with Gasteiger partial charge in [-0.2, -0.15) is 13.2 Å². The summed E-state index contributed by atoms with van der Waals surface area (Å²) in [6, 6.07) is 5.12. The summed E-state index contributed by atoms with van der Waals surface area (Å²) in [5.41, 5.74) is -0.942. The van der Waals surface area contributed by atoms with Crippen LogP contribution < -0.4 is 5.32 Å². The number of rotatable bonds is 4. The molecule has 1 N–H and O–H groups in total. The molecule has 2 aromatic rings. The second kappa shape index (κ2) is 6.83. The van der Waals surface area contributed by atoms with Crippen molar-refractivity contribution in [1.29, 1.82) is 0 Å². The third kappa shape index (κ3) is 3.51. The molecule has 1 aromatic carbocycles. The number of hydrogen-bond donors (Lipinski definition) is 1. The zero-order valence-corrected chi connectivity index (χ0v) is 13.6. The Morgan fingerprint density at radius 2 is 2.12 bits per heavy atom. The van der Waals surface area contributed by atoms with Gasteiger partial charge in [0.05, 0.1) is 17.4 Å². The van der Waals surface area contributed by atoms with Gasteiger partial charge in [-0.1, -0.05) is 17.3 Å². The van der Waals surface area contributed by atoms with Gasteiger partial charge in [-0.15, -0.1) is 5.10 Å². The Bertz CT molecular complexity index is 758. The largest absolute Gasteiger partial charge is 0.418 e. The maximum Gasteiger partial charge on any atom is 0.418 e. The van der Waals surface area contributed by atoms with Gasteiger partial charge >= 0.3 is 6.18 Å². The van der Waals surface area contributed by atoms with Crippen molar-refractivity contribution >= 4 is 5.91 Å². The van der Waals surface area contributed by atoms with E-state index in [1.807, 2.05) is 7.05 Å². The van der Waals surface area contributed by atoms with E-state index in [1.165, 1.54) is 24.4 Å². The molecule has 1 unspecified atom stereocenters. The lowest BCUT2D eigenvalue weighted by Crippen LogP contribution is -2.41. The minimum atomic E-state index is -4.51. The molecule has 0 spiro atoms. The SMILES string of the molecule is CNCC1CCCN1C(=O)c1cn(-c2ccccc2C(F)(F)F)nn1. The lowest BCUT2D eigenvalue weighted by molar-refractivity contribution is -0.137. The van der Waals surface area contributed by atoms with Gasteiger partial charge in [0, 0.05) is 19.1 Å². The Labute approximate surface area is 142 Å². The van der Waals surface area contributed by atoms with Gasteiger partial charge in [0.25, 0.3) is 5.91 Å². The molecule has 0 radical (unpaired) electrons. The van der Waals surface area contributed by atoms with Crippen molar-refractivity contribution in [3.8, 4) is 5.69 Å². The Hall–Kier alpha value is -2.42. The van der Waals surface area contributed by atoms with E-state index in [9.17, 15) is 18.0 Å². The van der Waals surface area contributed by atoms with Gasteiger partial charge in [-0.05, 0) is 32.0 Å². The van der Waals surface area contributed by atoms with E-state index >= 15 is 0 Å². The van der Waals surface area contributed by atoms with Crippen LogP contribution in [-0.4, -0.2) is 52.0 Å². The zero-order chi connectivity index (χ0) is 18.0. The van der Waals surface area contributed by atoms with Gasteiger partial charge < -0.3 is 10.2 Å². The number of likely N-dealkylation sites (N-methyl/N-ethyl adjacent to an activating group) is 1. The van der Waals surface area contributed by atoms with E-state index in [1.54, 1.807) is 4.90 Å². The van der Waals surface area contributed by atoms with Crippen LogP contribution in [0, 0.1) is 0 Å². The number of para-hydroxylation sites is 1. The minimum Gasteiger partial charge on any atom is -0.333 e. The molecule has 1 aromatic heterocycles. The van der Waals surface area contributed by atoms with Crippen LogP contribution in [0.25, 0.3) is 5.69 Å². The Morgan fingerprint density at radius 1 is 1.36 bits per heavy atom. The van der Waals surface area contributed by atoms with Crippen molar-refractivity contribution in [2.24, 2.45) is 0 Å². The van der Waals surface area contributed by atoms with Crippen molar-refractivity contribution < 1.29 is 18.0 Å². The van der Waals surface area contributed by atoms with Gasteiger partial charge in [0.2, 0.25) is 0 Å². The minimum absolute atomic E-state index is 0.0416. The van der Waals surface area contributed by atoms with Crippen molar-refractivity contribution in [2.75, 3.05) is 20.1 Å². The second-order valence-electron chi connectivity index (χ2n) is 5.92. The first kappa shape index (κ1) is 17.4. The fourth-order valence-electron chi connectivity index (χ4n) is 3.09. The van der Waals surface area contributed by atoms with Crippen molar-refractivity contribution in [3.63, 3.8) is 0 Å². The highest BCUT2D eigenvalue weighted by atomic mass is 19.4. The predicted molar refractivity (Wildman–Crippen MR) is 84.3 cm³/mol. The highest BCUT2D eigenvalue weighted by Gasteiger charge is 2.35. The first-order valence-electron chi connectivity index (χ1n) is 7.96. The molecule has 134 valence electrons. The fourth-order valence-corrected chi connectivity index (χ4v) is 3.09. The summed E-state index contributed by atoms with van der Waals surface area (Å²) in [7, 11) is 1.81. The summed E-state index contributed by atoms with van der Waals surface area (Å²) >= 11 is 0. The monoisotopic (exact) mass is 353 g/mol. The normalized spacial score (nSPS) is 17.9. The summed E-state index contributed by atoms with van der Waals surface area (Å²) < 4.78 is 40.4. The molecule has 2 heterocycles. The molecule has 1 atom stereocenters. The fraction of sp³-hybridized carbons (Fsp3) is 0.438. The number of halogens is 3. The highest BCUT2D eigenvalue weighted by molar-refractivity contribution is 5.92. The average Bonchev–Trinajstić information content (AvgIpc) is 3.23. The second-order valence-corrected chi connectivity index (χ2v) is 5.92. The summed E-state index contributed by atoms with van der Waals surface area (Å²) in [6.07, 6.45) is -1.48. The van der Waals surface area contributed by atoms with E-state index in [0.29, 0.717) is 13.1 Å². The van der Waals surface area contributed by atoms with Crippen molar-refractivity contribution in [1.82, 2.24) is 25.2 Å². The maximum atomic E-state index is 13.1. The number of amides is 1. The molecule has 0 saturated carbocycles. The quantitative estimate of drug-likeness (QED) is 0.915. The molecule has 3 rings (SSSR count). The summed E-state index contributed by atoms with van der Waals surface area (Å²) in [6.45, 7) is 1.27. The molecule has 1 fully saturated rings. The third-order valence-corrected chi connectivity index (χ3v) is 4.25. The number of nitrogens with one attached hydrogen (secondary N) is 1. The average molecular weight is 353 g/mol. The standard InChI is InChI=1S/C16H18F3N5O/c1-20-9-11-5-4-8-23(11)15(25)13-10-24(22-21-13)14-7-3-2-6-12(14)16(17,18)19/h2-3,6-7,10-11,20H,4-5,8-9H2,1H3. The molecule has 25 heavy (non-hydrogen) atoms. The van der Waals surface area contributed by atoms with Crippen LogP contribution in [0.15, 0.2) is 30.5 Å². The molecule has 1 aliphatic rings. The van der Waals surface area contributed by atoms with Gasteiger partial charge in [-0.3, -0.25) is 4.79 Å². The number of alkyl halides is 3. The van der Waals surface area contributed by atoms with Crippen LogP contribution in [-0.2, 0) is 6.18 Å². The van der Waals surface area contributed by atoms with Crippen LogP contribution in [0.2, 0.25) is 0 Å². The van der Waals surface area contributed by atoms with E-state index in [-0.39, 0.29) is 23.3 Å². The molecule has 0 bridgehead atoms. The van der Waals surface area contributed by atoms with E-state index < -0.39 is 11.7 Å². The lowest BCUT2D eigenvalue weighted by Gasteiger charge is -2.23. The predicted octanol–water partition coefficient (Wildman–Crippen LogP) is 2.11. The van der Waals surface area contributed by atoms with E-state index in [4.69, 9.17) is 0 Å². The number of aromatic nitrogens is 3. The summed E-state index contributed by atoms with van der Waals surface area (Å²) in [4.78, 5) is 14.3. The molecule has 9 heteroatoms. The molecular formula is C16H18F3N5O. The smallest absolute Gasteiger partial charge is 0.333 e. The number of carbonyl (C=O) groups is 1. The molecule has 0 aliphatic carbocycles. The topological polar surface area (TPSA) is 63.1 Å². The zero-order valence-electron chi connectivity index (χ0n) is 13.6. The third-order valence-electron chi connectivity index (χ3n) is 4.25. The van der Waals surface area contributed by atoms with Crippen LogP contribution in [0.5, 0.6) is 0 Å². The van der Waals surface area contributed by atoms with E-state index in [2.05, 4.69) is 15.6 Å². The number of benzene rings is 1. The molecular weight excluding hydrogens is 335 g/mol. The lowest BCUT2D eigenvalue weighted by atomic mass is 10.1. The van der Waals surface area contributed by atoms with Gasteiger partial charge in [-0.25, -0.2) is 4.68 Å². The first-order chi connectivity index (χ1) is 11.9. The number of nitrogens with zero attached hydrogens (tertiary/aromatic N) is 4.